The number of aromatic nitrogens is 4. The highest BCUT2D eigenvalue weighted by Gasteiger charge is 2.54. The molecule has 0 unspecified atom stereocenters. The summed E-state index contributed by atoms with van der Waals surface area (Å²) in [6.07, 6.45) is 8.86. The zero-order valence-corrected chi connectivity index (χ0v) is 20.1. The Bertz CT molecular complexity index is 1370. The molecular weight excluding hydrogens is 462 g/mol. The lowest BCUT2D eigenvalue weighted by Gasteiger charge is -2.57. The molecule has 2 aliphatic carbocycles. The molecule has 3 aromatic rings. The van der Waals surface area contributed by atoms with Crippen molar-refractivity contribution in [1.29, 1.82) is 0 Å². The van der Waals surface area contributed by atoms with Crippen LogP contribution in [0.5, 0.6) is 5.88 Å². The van der Waals surface area contributed by atoms with Gasteiger partial charge in [0.15, 0.2) is 0 Å². The summed E-state index contributed by atoms with van der Waals surface area (Å²) in [5, 5.41) is 11.8. The molecule has 0 atom stereocenters. The first-order chi connectivity index (χ1) is 17.3. The van der Waals surface area contributed by atoms with E-state index in [9.17, 15) is 9.59 Å². The molecule has 2 amide bonds. The number of primary amides is 1. The second-order valence-corrected chi connectivity index (χ2v) is 11.2. The number of carbonyl (C=O) groups is 2. The minimum absolute atomic E-state index is 0.0153. The Hall–Kier alpha value is -3.60. The van der Waals surface area contributed by atoms with Crippen LogP contribution in [0.15, 0.2) is 30.7 Å². The van der Waals surface area contributed by atoms with E-state index in [1.807, 2.05) is 12.3 Å². The lowest BCUT2D eigenvalue weighted by molar-refractivity contribution is -0.127. The van der Waals surface area contributed by atoms with E-state index in [1.54, 1.807) is 24.0 Å². The number of nitrogens with zero attached hydrogens (tertiary/aromatic N) is 5. The van der Waals surface area contributed by atoms with Gasteiger partial charge in [-0.25, -0.2) is 4.52 Å². The third kappa shape index (κ3) is 3.36. The molecule has 4 aliphatic rings. The molecule has 4 fully saturated rings. The number of ether oxygens (including phenoxy) is 2. The number of nitrogens with two attached hydrogens (primary N) is 1. The maximum absolute atomic E-state index is 13.0. The van der Waals surface area contributed by atoms with Gasteiger partial charge < -0.3 is 25.4 Å². The third-order valence-corrected chi connectivity index (χ3v) is 8.33. The van der Waals surface area contributed by atoms with Crippen molar-refractivity contribution < 1.29 is 19.1 Å². The summed E-state index contributed by atoms with van der Waals surface area (Å²) in [4.78, 5) is 26.9. The van der Waals surface area contributed by atoms with Gasteiger partial charge >= 0.3 is 0 Å². The maximum Gasteiger partial charge on any atom is 0.255 e. The summed E-state index contributed by atoms with van der Waals surface area (Å²) in [6, 6.07) is 4.19. The van der Waals surface area contributed by atoms with Gasteiger partial charge in [0.1, 0.15) is 11.7 Å². The van der Waals surface area contributed by atoms with E-state index >= 15 is 0 Å². The molecule has 3 aromatic heterocycles. The number of pyridine rings is 1. The van der Waals surface area contributed by atoms with E-state index < -0.39 is 5.91 Å². The number of anilines is 1. The van der Waals surface area contributed by atoms with Gasteiger partial charge in [-0.15, -0.1) is 5.10 Å². The Morgan fingerprint density at radius 3 is 2.58 bits per heavy atom. The number of amides is 2. The van der Waals surface area contributed by atoms with E-state index in [1.165, 1.54) is 4.68 Å². The van der Waals surface area contributed by atoms with Crippen LogP contribution in [0.4, 0.5) is 5.69 Å². The number of hydrogen-bond acceptors (Lipinski definition) is 7. The predicted octanol–water partition coefficient (Wildman–Crippen LogP) is 1.12. The van der Waals surface area contributed by atoms with Crippen molar-refractivity contribution in [2.75, 3.05) is 31.2 Å². The summed E-state index contributed by atoms with van der Waals surface area (Å²) < 4.78 is 14.6. The van der Waals surface area contributed by atoms with Crippen LogP contribution in [0.2, 0.25) is 0 Å². The van der Waals surface area contributed by atoms with Gasteiger partial charge in [-0.3, -0.25) is 14.3 Å². The third-order valence-electron chi connectivity index (χ3n) is 8.33. The molecule has 2 saturated heterocycles. The monoisotopic (exact) mass is 491 g/mol. The lowest BCUT2D eigenvalue weighted by atomic mass is 9.53. The fraction of sp³-hybridized carbons (Fsp3) is 0.520. The fourth-order valence-electron chi connectivity index (χ4n) is 6.41. The first-order valence-electron chi connectivity index (χ1n) is 12.4. The van der Waals surface area contributed by atoms with Crippen molar-refractivity contribution in [3.8, 4) is 5.88 Å². The number of aryl methyl sites for hydroxylation is 1. The van der Waals surface area contributed by atoms with Gasteiger partial charge in [0.05, 0.1) is 47.8 Å². The second kappa shape index (κ2) is 7.45. The van der Waals surface area contributed by atoms with E-state index in [4.69, 9.17) is 15.2 Å². The molecule has 7 rings (SSSR count). The molecule has 188 valence electrons. The highest BCUT2D eigenvalue weighted by atomic mass is 16.5. The van der Waals surface area contributed by atoms with Gasteiger partial charge in [-0.1, -0.05) is 0 Å². The van der Waals surface area contributed by atoms with Gasteiger partial charge in [0.25, 0.3) is 11.8 Å². The first kappa shape index (κ1) is 21.7. The normalized spacial score (nSPS) is 27.8. The molecule has 11 nitrogen and oxygen atoms in total. The first-order valence-corrected chi connectivity index (χ1v) is 12.4. The van der Waals surface area contributed by atoms with Crippen molar-refractivity contribution >= 4 is 23.0 Å². The Kier molecular flexibility index (Phi) is 4.48. The molecule has 11 heteroatoms. The van der Waals surface area contributed by atoms with Crippen molar-refractivity contribution in [2.45, 2.75) is 37.8 Å². The predicted molar refractivity (Wildman–Crippen MR) is 129 cm³/mol. The number of carbonyl (C=O) groups excluding carboxylic acids is 2. The van der Waals surface area contributed by atoms with Crippen LogP contribution in [-0.2, 0) is 11.8 Å². The van der Waals surface area contributed by atoms with Gasteiger partial charge in [-0.05, 0) is 43.2 Å². The Labute approximate surface area is 207 Å². The highest BCUT2D eigenvalue weighted by molar-refractivity contribution is 6.01. The Balaban J connectivity index is 0.929. The fourth-order valence-corrected chi connectivity index (χ4v) is 6.41. The summed E-state index contributed by atoms with van der Waals surface area (Å²) in [5.41, 5.74) is 8.79. The van der Waals surface area contributed by atoms with Crippen molar-refractivity contribution in [3.05, 3.63) is 41.9 Å². The molecule has 2 saturated carbocycles. The van der Waals surface area contributed by atoms with Crippen LogP contribution in [-0.4, -0.2) is 69.7 Å². The summed E-state index contributed by atoms with van der Waals surface area (Å²) in [7, 11) is 1.73. The Morgan fingerprint density at radius 2 is 1.89 bits per heavy atom. The van der Waals surface area contributed by atoms with Crippen molar-refractivity contribution in [2.24, 2.45) is 23.6 Å². The Morgan fingerprint density at radius 1 is 1.11 bits per heavy atom. The molecule has 0 bridgehead atoms. The molecule has 36 heavy (non-hydrogen) atoms. The topological polar surface area (TPSA) is 129 Å². The lowest BCUT2D eigenvalue weighted by Crippen LogP contribution is -2.66. The van der Waals surface area contributed by atoms with Gasteiger partial charge in [-0.2, -0.15) is 5.10 Å². The molecule has 2 aliphatic heterocycles. The second-order valence-electron chi connectivity index (χ2n) is 11.2. The van der Waals surface area contributed by atoms with E-state index in [2.05, 4.69) is 26.5 Å². The zero-order chi connectivity index (χ0) is 24.7. The number of hydrogen-bond donors (Lipinski definition) is 2. The van der Waals surface area contributed by atoms with Crippen LogP contribution in [0.3, 0.4) is 0 Å². The SMILES string of the molecule is Cn1cc(C(N)=O)c(O[C@H]2CC3(C[C@H](NC(=O)c4cnn5cc(N6CC7(COC7)C6)ccc45)C3)C2)n1. The van der Waals surface area contributed by atoms with Crippen molar-refractivity contribution in [3.63, 3.8) is 0 Å². The van der Waals surface area contributed by atoms with Crippen LogP contribution >= 0.6 is 0 Å². The molecule has 0 radical (unpaired) electrons. The minimum Gasteiger partial charge on any atom is -0.473 e. The minimum atomic E-state index is -0.542. The molecule has 0 aromatic carbocycles. The van der Waals surface area contributed by atoms with Crippen LogP contribution in [0, 0.1) is 10.8 Å². The molecular formula is C25H29N7O4. The standard InChI is InChI=1S/C25H29N7O4/c1-30-10-19(21(26)33)23(29-30)36-17-6-24(7-17)4-15(5-24)28-22(34)18-8-27-32-9-16(2-3-20(18)32)31-11-25(12-31)13-35-14-25/h2-3,8-10,15,17H,4-7,11-14H2,1H3,(H2,26,33)(H,28,34)/t15-,17-,24?. The largest absolute Gasteiger partial charge is 0.473 e. The number of fused-ring (bicyclic) bond motifs is 1. The van der Waals surface area contributed by atoms with Crippen molar-refractivity contribution in [1.82, 2.24) is 24.7 Å². The van der Waals surface area contributed by atoms with Gasteiger partial charge in [0, 0.05) is 32.4 Å². The summed E-state index contributed by atoms with van der Waals surface area (Å²) >= 11 is 0. The van der Waals surface area contributed by atoms with Crippen LogP contribution in [0.25, 0.3) is 5.52 Å². The van der Waals surface area contributed by atoms with Gasteiger partial charge in [0.2, 0.25) is 5.88 Å². The summed E-state index contributed by atoms with van der Waals surface area (Å²) in [5.74, 6) is -0.324. The number of rotatable bonds is 6. The van der Waals surface area contributed by atoms with E-state index in [-0.39, 0.29) is 23.5 Å². The van der Waals surface area contributed by atoms with Crippen LogP contribution < -0.4 is 20.7 Å². The average molecular weight is 492 g/mol. The van der Waals surface area contributed by atoms with Crippen LogP contribution in [0.1, 0.15) is 46.4 Å². The molecule has 3 N–H and O–H groups in total. The maximum atomic E-state index is 13.0. The smallest absolute Gasteiger partial charge is 0.255 e. The molecule has 2 spiro atoms. The zero-order valence-electron chi connectivity index (χ0n) is 20.1. The molecule has 5 heterocycles. The van der Waals surface area contributed by atoms with E-state index in [0.29, 0.717) is 22.4 Å². The van der Waals surface area contributed by atoms with E-state index in [0.717, 1.165) is 63.2 Å². The summed E-state index contributed by atoms with van der Waals surface area (Å²) in [6.45, 7) is 3.73. The average Bonchev–Trinajstić information content (AvgIpc) is 3.31. The highest BCUT2D eigenvalue weighted by Crippen LogP contribution is 2.56. The number of nitrogens with one attached hydrogen (secondary N) is 1. The quantitative estimate of drug-likeness (QED) is 0.529.